The fraction of sp³-hybridized carbons (Fsp3) is 0.448. The number of ether oxygens (including phenoxy) is 2. The van der Waals surface area contributed by atoms with E-state index in [-0.39, 0.29) is 41.0 Å². The normalized spacial score (nSPS) is 20.9. The molecule has 9 nitrogen and oxygen atoms in total. The highest BCUT2D eigenvalue weighted by molar-refractivity contribution is 7.92. The average molecular weight is 570 g/mol. The molecule has 0 aromatic heterocycles. The summed E-state index contributed by atoms with van der Waals surface area (Å²) >= 11 is 0. The van der Waals surface area contributed by atoms with E-state index in [9.17, 15) is 18.0 Å². The molecule has 0 bridgehead atoms. The highest BCUT2D eigenvalue weighted by Crippen LogP contribution is 2.59. The van der Waals surface area contributed by atoms with Gasteiger partial charge >= 0.3 is 16.3 Å². The van der Waals surface area contributed by atoms with Crippen molar-refractivity contribution < 1.29 is 31.9 Å². The van der Waals surface area contributed by atoms with Crippen LogP contribution in [0.25, 0.3) is 0 Å². The number of rotatable bonds is 4. The number of hydrogen-bond donors (Lipinski definition) is 1. The number of piperidine rings is 1. The largest absolute Gasteiger partial charge is 0.487 e. The van der Waals surface area contributed by atoms with Gasteiger partial charge in [-0.3, -0.25) is 4.79 Å². The standard InChI is InChI=1S/C29H32FN3O6S/c1-28(2,3)39-27(35)32-15-13-29(14-16-32)17-22(29)11-9-21-10-12-23(38-19-20-7-5-4-6-8-20)26(25(21)30)33-18-24(34)31-40(33,36)37/h4-8,10,12,22H,13-19H2,1-3H3,(H,31,34). The Morgan fingerprint density at radius 3 is 2.48 bits per heavy atom. The van der Waals surface area contributed by atoms with Gasteiger partial charge in [-0.15, -0.1) is 0 Å². The molecule has 2 aromatic carbocycles. The summed E-state index contributed by atoms with van der Waals surface area (Å²) in [6, 6.07) is 12.1. The molecule has 212 valence electrons. The minimum atomic E-state index is -4.28. The summed E-state index contributed by atoms with van der Waals surface area (Å²) in [4.78, 5) is 26.0. The van der Waals surface area contributed by atoms with Gasteiger partial charge in [0.05, 0.1) is 5.56 Å². The zero-order valence-electron chi connectivity index (χ0n) is 22.7. The number of likely N-dealkylation sites (tertiary alicyclic amines) is 1. The van der Waals surface area contributed by atoms with E-state index in [1.165, 1.54) is 12.1 Å². The molecule has 1 spiro atoms. The average Bonchev–Trinajstić information content (AvgIpc) is 3.47. The van der Waals surface area contributed by atoms with Crippen LogP contribution < -0.4 is 13.8 Å². The van der Waals surface area contributed by atoms with Gasteiger partial charge in [0.15, 0.2) is 5.82 Å². The number of halogens is 1. The Labute approximate surface area is 233 Å². The van der Waals surface area contributed by atoms with Crippen molar-refractivity contribution in [3.05, 3.63) is 59.4 Å². The number of nitrogens with zero attached hydrogens (tertiary/aromatic N) is 2. The fourth-order valence-electron chi connectivity index (χ4n) is 5.10. The van der Waals surface area contributed by atoms with E-state index >= 15 is 4.39 Å². The number of hydrogen-bond acceptors (Lipinski definition) is 6. The summed E-state index contributed by atoms with van der Waals surface area (Å²) in [5.41, 5.74) is -0.0871. The van der Waals surface area contributed by atoms with E-state index in [0.717, 1.165) is 24.8 Å². The van der Waals surface area contributed by atoms with Crippen LogP contribution in [0.5, 0.6) is 5.75 Å². The minimum Gasteiger partial charge on any atom is -0.487 e. The highest BCUT2D eigenvalue weighted by atomic mass is 32.2. The predicted octanol–water partition coefficient (Wildman–Crippen LogP) is 3.97. The first-order valence-corrected chi connectivity index (χ1v) is 14.6. The Bertz CT molecular complexity index is 1490. The number of anilines is 1. The molecule has 2 aliphatic heterocycles. The summed E-state index contributed by atoms with van der Waals surface area (Å²) in [5, 5.41) is 0. The molecule has 1 saturated carbocycles. The summed E-state index contributed by atoms with van der Waals surface area (Å²) < 4.78 is 54.9. The maximum absolute atomic E-state index is 15.9. The Hall–Kier alpha value is -3.78. The molecule has 1 N–H and O–H groups in total. The number of carbonyl (C=O) groups is 2. The van der Waals surface area contributed by atoms with Crippen LogP contribution in [0.1, 0.15) is 51.2 Å². The van der Waals surface area contributed by atoms with Crippen LogP contribution in [0.2, 0.25) is 0 Å². The summed E-state index contributed by atoms with van der Waals surface area (Å²) in [6.45, 7) is 6.19. The van der Waals surface area contributed by atoms with Crippen LogP contribution >= 0.6 is 0 Å². The van der Waals surface area contributed by atoms with Gasteiger partial charge in [-0.25, -0.2) is 18.2 Å². The topological polar surface area (TPSA) is 105 Å². The van der Waals surface area contributed by atoms with Gasteiger partial charge in [0.2, 0.25) is 0 Å². The Morgan fingerprint density at radius 2 is 1.85 bits per heavy atom. The van der Waals surface area contributed by atoms with Gasteiger partial charge in [-0.1, -0.05) is 42.2 Å². The van der Waals surface area contributed by atoms with Crippen molar-refractivity contribution in [2.75, 3.05) is 23.9 Å². The quantitative estimate of drug-likeness (QED) is 0.559. The first-order chi connectivity index (χ1) is 18.9. The van der Waals surface area contributed by atoms with Crippen LogP contribution in [0.15, 0.2) is 42.5 Å². The maximum Gasteiger partial charge on any atom is 0.410 e. The van der Waals surface area contributed by atoms with Crippen molar-refractivity contribution in [1.29, 1.82) is 0 Å². The second-order valence-corrected chi connectivity index (χ2v) is 13.0. The molecule has 5 rings (SSSR count). The molecule has 1 unspecified atom stereocenters. The van der Waals surface area contributed by atoms with Gasteiger partial charge in [0, 0.05) is 19.0 Å². The van der Waals surface area contributed by atoms with E-state index in [2.05, 4.69) is 11.8 Å². The van der Waals surface area contributed by atoms with Gasteiger partial charge < -0.3 is 14.4 Å². The van der Waals surface area contributed by atoms with E-state index in [0.29, 0.717) is 17.4 Å². The van der Waals surface area contributed by atoms with Crippen molar-refractivity contribution in [2.24, 2.45) is 11.3 Å². The molecule has 1 aliphatic carbocycles. The van der Waals surface area contributed by atoms with Crippen LogP contribution in [0.4, 0.5) is 14.9 Å². The third kappa shape index (κ3) is 5.87. The number of nitrogens with one attached hydrogen (secondary N) is 1. The summed E-state index contributed by atoms with van der Waals surface area (Å²) in [5.74, 6) is 4.47. The third-order valence-corrected chi connectivity index (χ3v) is 8.75. The van der Waals surface area contributed by atoms with Gasteiger partial charge in [0.25, 0.3) is 5.91 Å². The smallest absolute Gasteiger partial charge is 0.410 e. The molecule has 0 radical (unpaired) electrons. The molecule has 3 aliphatic rings. The van der Waals surface area contributed by atoms with Crippen molar-refractivity contribution in [2.45, 2.75) is 52.2 Å². The SMILES string of the molecule is CC(C)(C)OC(=O)N1CCC2(CC1)CC2C#Cc1ccc(OCc2ccccc2)c(N2CC(=O)NS2(=O)=O)c1F. The minimum absolute atomic E-state index is 0.00983. The highest BCUT2D eigenvalue weighted by Gasteiger charge is 2.54. The molecular weight excluding hydrogens is 537 g/mol. The maximum atomic E-state index is 15.9. The Balaban J connectivity index is 1.34. The van der Waals surface area contributed by atoms with E-state index < -0.39 is 34.1 Å². The van der Waals surface area contributed by atoms with Gasteiger partial charge in [0.1, 0.15) is 30.2 Å². The van der Waals surface area contributed by atoms with Gasteiger partial charge in [-0.05, 0) is 63.1 Å². The lowest BCUT2D eigenvalue weighted by molar-refractivity contribution is -0.117. The monoisotopic (exact) mass is 569 g/mol. The van der Waals surface area contributed by atoms with Crippen molar-refractivity contribution in [3.8, 4) is 17.6 Å². The molecule has 3 fully saturated rings. The number of amides is 2. The Kier molecular flexibility index (Phi) is 7.17. The fourth-order valence-corrected chi connectivity index (χ4v) is 6.26. The van der Waals surface area contributed by atoms with Gasteiger partial charge in [-0.2, -0.15) is 8.42 Å². The number of benzene rings is 2. The lowest BCUT2D eigenvalue weighted by Crippen LogP contribution is -2.42. The first-order valence-electron chi connectivity index (χ1n) is 13.2. The molecule has 2 saturated heterocycles. The van der Waals surface area contributed by atoms with E-state index in [4.69, 9.17) is 9.47 Å². The lowest BCUT2D eigenvalue weighted by Gasteiger charge is -2.33. The zero-order chi connectivity index (χ0) is 28.7. The van der Waals surface area contributed by atoms with E-state index in [1.807, 2.05) is 55.8 Å². The van der Waals surface area contributed by atoms with E-state index in [1.54, 1.807) is 4.90 Å². The molecule has 2 amide bonds. The van der Waals surface area contributed by atoms with Crippen LogP contribution in [0, 0.1) is 29.0 Å². The van der Waals surface area contributed by atoms with Crippen molar-refractivity contribution >= 4 is 27.9 Å². The zero-order valence-corrected chi connectivity index (χ0v) is 23.5. The summed E-state index contributed by atoms with van der Waals surface area (Å²) in [6.07, 6.45) is 2.10. The molecule has 2 aromatic rings. The van der Waals surface area contributed by atoms with Crippen LogP contribution in [0.3, 0.4) is 0 Å². The summed E-state index contributed by atoms with van der Waals surface area (Å²) in [7, 11) is -4.28. The lowest BCUT2D eigenvalue weighted by atomic mass is 9.91. The molecule has 1 atom stereocenters. The third-order valence-electron chi connectivity index (χ3n) is 7.37. The molecule has 40 heavy (non-hydrogen) atoms. The number of carbonyl (C=O) groups excluding carboxylic acids is 2. The van der Waals surface area contributed by atoms with Crippen LogP contribution in [-0.2, 0) is 26.3 Å². The molecule has 2 heterocycles. The van der Waals surface area contributed by atoms with Crippen molar-refractivity contribution in [1.82, 2.24) is 9.62 Å². The molecule has 11 heteroatoms. The Morgan fingerprint density at radius 1 is 1.15 bits per heavy atom. The first kappa shape index (κ1) is 27.8. The second kappa shape index (κ2) is 10.3. The van der Waals surface area contributed by atoms with Crippen LogP contribution in [-0.4, -0.2) is 50.6 Å². The van der Waals surface area contributed by atoms with Crippen molar-refractivity contribution in [3.63, 3.8) is 0 Å². The second-order valence-electron chi connectivity index (χ2n) is 11.4. The predicted molar refractivity (Wildman–Crippen MR) is 146 cm³/mol. The molecular formula is C29H32FN3O6S.